The van der Waals surface area contributed by atoms with Gasteiger partial charge in [0, 0.05) is 18.7 Å². The molecule has 0 aliphatic heterocycles. The van der Waals surface area contributed by atoms with Gasteiger partial charge < -0.3 is 10.6 Å². The molecule has 0 atom stereocenters. The van der Waals surface area contributed by atoms with E-state index < -0.39 is 23.4 Å². The molecule has 0 aliphatic carbocycles. The highest BCUT2D eigenvalue weighted by Gasteiger charge is 2.25. The van der Waals surface area contributed by atoms with E-state index in [4.69, 9.17) is 5.73 Å². The number of rotatable bonds is 6. The smallest absolute Gasteiger partial charge is 0.254 e. The fraction of sp³-hybridized carbons (Fsp3) is 0.533. The van der Waals surface area contributed by atoms with Crippen LogP contribution < -0.4 is 5.73 Å². The molecule has 0 aliphatic rings. The average Bonchev–Trinajstić information content (AvgIpc) is 2.42. The number of nitrogens with zero attached hydrogens (tertiary/aromatic N) is 1. The standard InChI is InChI=1S/C15H21F3N2O/c1-4-5-20(9-15(2,3)8-19)14(21)10-6-11(16)13(18)12(17)7-10/h6-7H,4-5,8-9,19H2,1-3H3. The van der Waals surface area contributed by atoms with Crippen molar-refractivity contribution in [2.75, 3.05) is 19.6 Å². The van der Waals surface area contributed by atoms with Gasteiger partial charge in [-0.05, 0) is 30.5 Å². The zero-order valence-electron chi connectivity index (χ0n) is 12.5. The maximum Gasteiger partial charge on any atom is 0.254 e. The SMILES string of the molecule is CCCN(CC(C)(C)CN)C(=O)c1cc(F)c(F)c(F)c1. The van der Waals surface area contributed by atoms with Gasteiger partial charge in [-0.15, -0.1) is 0 Å². The van der Waals surface area contributed by atoms with Crippen LogP contribution in [0.3, 0.4) is 0 Å². The maximum atomic E-state index is 13.2. The van der Waals surface area contributed by atoms with Gasteiger partial charge in [0.15, 0.2) is 17.5 Å². The Hall–Kier alpha value is -1.56. The molecule has 1 amide bonds. The topological polar surface area (TPSA) is 46.3 Å². The van der Waals surface area contributed by atoms with Crippen LogP contribution in [0.4, 0.5) is 13.2 Å². The summed E-state index contributed by atoms with van der Waals surface area (Å²) < 4.78 is 39.5. The molecule has 0 bridgehead atoms. The van der Waals surface area contributed by atoms with E-state index in [-0.39, 0.29) is 11.0 Å². The van der Waals surface area contributed by atoms with Crippen molar-refractivity contribution >= 4 is 5.91 Å². The summed E-state index contributed by atoms with van der Waals surface area (Å²) in [6, 6.07) is 1.44. The molecular formula is C15H21F3N2O. The highest BCUT2D eigenvalue weighted by atomic mass is 19.2. The number of carbonyl (C=O) groups excluding carboxylic acids is 1. The lowest BCUT2D eigenvalue weighted by Gasteiger charge is -2.31. The van der Waals surface area contributed by atoms with Crippen molar-refractivity contribution in [3.63, 3.8) is 0 Å². The highest BCUT2D eigenvalue weighted by Crippen LogP contribution is 2.19. The number of amides is 1. The highest BCUT2D eigenvalue weighted by molar-refractivity contribution is 5.94. The molecule has 0 heterocycles. The van der Waals surface area contributed by atoms with E-state index in [0.29, 0.717) is 26.1 Å². The minimum Gasteiger partial charge on any atom is -0.338 e. The van der Waals surface area contributed by atoms with Crippen molar-refractivity contribution in [3.05, 3.63) is 35.1 Å². The lowest BCUT2D eigenvalue weighted by molar-refractivity contribution is 0.0688. The molecule has 0 saturated heterocycles. The zero-order chi connectivity index (χ0) is 16.2. The van der Waals surface area contributed by atoms with E-state index in [9.17, 15) is 18.0 Å². The second-order valence-electron chi connectivity index (χ2n) is 5.85. The van der Waals surface area contributed by atoms with Crippen LogP contribution >= 0.6 is 0 Å². The van der Waals surface area contributed by atoms with Crippen molar-refractivity contribution in [3.8, 4) is 0 Å². The van der Waals surface area contributed by atoms with Gasteiger partial charge in [-0.1, -0.05) is 20.8 Å². The van der Waals surface area contributed by atoms with Crippen LogP contribution in [0.1, 0.15) is 37.6 Å². The van der Waals surface area contributed by atoms with Gasteiger partial charge in [-0.25, -0.2) is 13.2 Å². The Morgan fingerprint density at radius 2 is 1.76 bits per heavy atom. The summed E-state index contributed by atoms with van der Waals surface area (Å²) in [7, 11) is 0. The largest absolute Gasteiger partial charge is 0.338 e. The third-order valence-electron chi connectivity index (χ3n) is 3.18. The normalized spacial score (nSPS) is 11.6. The summed E-state index contributed by atoms with van der Waals surface area (Å²) in [5.41, 5.74) is 5.13. The van der Waals surface area contributed by atoms with E-state index in [0.717, 1.165) is 12.1 Å². The summed E-state index contributed by atoms with van der Waals surface area (Å²) in [5.74, 6) is -4.84. The van der Waals surface area contributed by atoms with Crippen LogP contribution in [-0.2, 0) is 0 Å². The first-order chi connectivity index (χ1) is 9.71. The number of nitrogens with two attached hydrogens (primary N) is 1. The van der Waals surface area contributed by atoms with Crippen LogP contribution in [0.25, 0.3) is 0 Å². The molecule has 0 spiro atoms. The molecule has 6 heteroatoms. The number of benzene rings is 1. The van der Waals surface area contributed by atoms with Gasteiger partial charge in [0.1, 0.15) is 0 Å². The second kappa shape index (κ2) is 6.93. The van der Waals surface area contributed by atoms with Crippen molar-refractivity contribution in [1.29, 1.82) is 0 Å². The summed E-state index contributed by atoms with van der Waals surface area (Å²) in [6.07, 6.45) is 0.693. The Balaban J connectivity index is 3.06. The quantitative estimate of drug-likeness (QED) is 0.821. The van der Waals surface area contributed by atoms with E-state index in [1.165, 1.54) is 4.90 Å². The molecule has 1 aromatic rings. The molecule has 3 nitrogen and oxygen atoms in total. The fourth-order valence-corrected chi connectivity index (χ4v) is 1.97. The van der Waals surface area contributed by atoms with Crippen LogP contribution in [0.2, 0.25) is 0 Å². The summed E-state index contributed by atoms with van der Waals surface area (Å²) in [4.78, 5) is 13.9. The summed E-state index contributed by atoms with van der Waals surface area (Å²) >= 11 is 0. The van der Waals surface area contributed by atoms with Crippen molar-refractivity contribution in [2.24, 2.45) is 11.1 Å². The lowest BCUT2D eigenvalue weighted by Crippen LogP contribution is -2.42. The second-order valence-corrected chi connectivity index (χ2v) is 5.85. The molecule has 21 heavy (non-hydrogen) atoms. The van der Waals surface area contributed by atoms with Crippen LogP contribution in [0, 0.1) is 22.9 Å². The molecule has 0 fully saturated rings. The molecule has 0 radical (unpaired) electrons. The van der Waals surface area contributed by atoms with Gasteiger partial charge >= 0.3 is 0 Å². The Morgan fingerprint density at radius 3 is 2.19 bits per heavy atom. The van der Waals surface area contributed by atoms with Gasteiger partial charge in [0.25, 0.3) is 5.91 Å². The Kier molecular flexibility index (Phi) is 5.78. The molecule has 0 aromatic heterocycles. The number of hydrogen-bond acceptors (Lipinski definition) is 2. The lowest BCUT2D eigenvalue weighted by atomic mass is 9.92. The van der Waals surface area contributed by atoms with E-state index in [1.807, 2.05) is 20.8 Å². The maximum absolute atomic E-state index is 13.2. The Bertz CT molecular complexity index is 495. The third-order valence-corrected chi connectivity index (χ3v) is 3.18. The fourth-order valence-electron chi connectivity index (χ4n) is 1.97. The molecular weight excluding hydrogens is 281 g/mol. The third kappa shape index (κ3) is 4.46. The van der Waals surface area contributed by atoms with Gasteiger partial charge in [-0.3, -0.25) is 4.79 Å². The molecule has 2 N–H and O–H groups in total. The minimum atomic E-state index is -1.57. The number of halogens is 3. The zero-order valence-corrected chi connectivity index (χ0v) is 12.5. The Labute approximate surface area is 122 Å². The van der Waals surface area contributed by atoms with Crippen molar-refractivity contribution in [1.82, 2.24) is 4.90 Å². The summed E-state index contributed by atoms with van der Waals surface area (Å²) in [6.45, 7) is 6.84. The number of carbonyl (C=O) groups is 1. The molecule has 118 valence electrons. The van der Waals surface area contributed by atoms with E-state index >= 15 is 0 Å². The molecule has 1 aromatic carbocycles. The van der Waals surface area contributed by atoms with Gasteiger partial charge in [0.05, 0.1) is 0 Å². The van der Waals surface area contributed by atoms with Crippen molar-refractivity contribution in [2.45, 2.75) is 27.2 Å². The van der Waals surface area contributed by atoms with Crippen LogP contribution in [-0.4, -0.2) is 30.4 Å². The first-order valence-electron chi connectivity index (χ1n) is 6.85. The van der Waals surface area contributed by atoms with Crippen molar-refractivity contribution < 1.29 is 18.0 Å². The van der Waals surface area contributed by atoms with E-state index in [2.05, 4.69) is 0 Å². The average molecular weight is 302 g/mol. The van der Waals surface area contributed by atoms with Crippen LogP contribution in [0.5, 0.6) is 0 Å². The first kappa shape index (κ1) is 17.5. The summed E-state index contributed by atoms with van der Waals surface area (Å²) in [5, 5.41) is 0. The predicted octanol–water partition coefficient (Wildman–Crippen LogP) is 2.94. The van der Waals surface area contributed by atoms with Gasteiger partial charge in [0.2, 0.25) is 0 Å². The first-order valence-corrected chi connectivity index (χ1v) is 6.85. The predicted molar refractivity (Wildman–Crippen MR) is 75.3 cm³/mol. The minimum absolute atomic E-state index is 0.201. The van der Waals surface area contributed by atoms with Gasteiger partial charge in [-0.2, -0.15) is 0 Å². The molecule has 0 unspecified atom stereocenters. The number of hydrogen-bond donors (Lipinski definition) is 1. The van der Waals surface area contributed by atoms with Crippen LogP contribution in [0.15, 0.2) is 12.1 Å². The molecule has 0 saturated carbocycles. The monoisotopic (exact) mass is 302 g/mol. The Morgan fingerprint density at radius 1 is 1.24 bits per heavy atom. The van der Waals surface area contributed by atoms with E-state index in [1.54, 1.807) is 0 Å². The molecule has 1 rings (SSSR count).